The van der Waals surface area contributed by atoms with Gasteiger partial charge in [0.2, 0.25) is 5.91 Å². The predicted molar refractivity (Wildman–Crippen MR) is 92.6 cm³/mol. The van der Waals surface area contributed by atoms with Gasteiger partial charge in [-0.05, 0) is 37.2 Å². The molecule has 1 unspecified atom stereocenters. The SMILES string of the molecule is CS(=O)(NC(=O)C1CCNC1)(c1ccccc1)c1ccccc1F. The summed E-state index contributed by atoms with van der Waals surface area (Å²) in [6, 6.07) is 14.5. The van der Waals surface area contributed by atoms with E-state index in [1.165, 1.54) is 18.4 Å². The number of carbonyl (C=O) groups excluding carboxylic acids is 1. The van der Waals surface area contributed by atoms with Gasteiger partial charge in [0.1, 0.15) is 5.82 Å². The molecule has 1 fully saturated rings. The van der Waals surface area contributed by atoms with Crippen molar-refractivity contribution in [3.63, 3.8) is 0 Å². The summed E-state index contributed by atoms with van der Waals surface area (Å²) in [6.45, 7) is 1.29. The summed E-state index contributed by atoms with van der Waals surface area (Å²) in [5.74, 6) is -1.16. The van der Waals surface area contributed by atoms with Crippen molar-refractivity contribution in [1.82, 2.24) is 10.0 Å². The number of hydrogen-bond donors (Lipinski definition) is 2. The summed E-state index contributed by atoms with van der Waals surface area (Å²) in [5, 5.41) is 3.12. The summed E-state index contributed by atoms with van der Waals surface area (Å²) in [6.07, 6.45) is 2.12. The van der Waals surface area contributed by atoms with Gasteiger partial charge >= 0.3 is 0 Å². The maximum Gasteiger partial charge on any atom is 0.235 e. The molecule has 128 valence electrons. The highest BCUT2D eigenvalue weighted by Gasteiger charge is 2.41. The van der Waals surface area contributed by atoms with Crippen LogP contribution in [0.25, 0.3) is 0 Å². The molecule has 1 amide bonds. The van der Waals surface area contributed by atoms with E-state index in [2.05, 4.69) is 10.0 Å². The van der Waals surface area contributed by atoms with E-state index in [0.29, 0.717) is 17.9 Å². The first-order valence-corrected chi connectivity index (χ1v) is 10.3. The lowest BCUT2D eigenvalue weighted by Crippen LogP contribution is -2.52. The normalized spacial score (nSPS) is 19.4. The summed E-state index contributed by atoms with van der Waals surface area (Å²) in [4.78, 5) is 13.1. The molecule has 2 aromatic rings. The Bertz CT molecular complexity index is 819. The largest absolute Gasteiger partial charge is 0.316 e. The zero-order chi connectivity index (χ0) is 17.2. The quantitative estimate of drug-likeness (QED) is 0.892. The van der Waals surface area contributed by atoms with Gasteiger partial charge in [-0.2, -0.15) is 0 Å². The lowest BCUT2D eigenvalue weighted by Gasteiger charge is -2.41. The van der Waals surface area contributed by atoms with Crippen molar-refractivity contribution in [2.75, 3.05) is 19.3 Å². The third-order valence-corrected chi connectivity index (χ3v) is 7.95. The standard InChI is InChI=1S/C18H21FN2O2S/c1-24(23,15-7-3-2-4-8-15,17-10-6-5-9-16(17)19)21-18(22)14-11-12-20-13-14/h2-10,14,20H,11-13H2,1H3,(H,21,22,23). The highest BCUT2D eigenvalue weighted by molar-refractivity contribution is 8.18. The van der Waals surface area contributed by atoms with Crippen LogP contribution >= 0.6 is 0 Å². The minimum absolute atomic E-state index is 0.0139. The molecule has 0 aromatic heterocycles. The van der Waals surface area contributed by atoms with Crippen molar-refractivity contribution < 1.29 is 13.4 Å². The van der Waals surface area contributed by atoms with Crippen LogP contribution in [0.5, 0.6) is 0 Å². The van der Waals surface area contributed by atoms with Gasteiger partial charge in [-0.25, -0.2) is 4.39 Å². The van der Waals surface area contributed by atoms with Crippen LogP contribution < -0.4 is 10.0 Å². The van der Waals surface area contributed by atoms with Crippen LogP contribution in [0.4, 0.5) is 4.39 Å². The predicted octanol–water partition coefficient (Wildman–Crippen LogP) is 2.33. The highest BCUT2D eigenvalue weighted by atomic mass is 32.3. The van der Waals surface area contributed by atoms with E-state index < -0.39 is 15.1 Å². The van der Waals surface area contributed by atoms with E-state index in [0.717, 1.165) is 6.54 Å². The van der Waals surface area contributed by atoms with Gasteiger partial charge < -0.3 is 5.32 Å². The Balaban J connectivity index is 2.13. The van der Waals surface area contributed by atoms with Crippen LogP contribution in [0.3, 0.4) is 0 Å². The molecule has 4 nitrogen and oxygen atoms in total. The third-order valence-electron chi connectivity index (χ3n) is 4.45. The maximum atomic E-state index is 14.5. The summed E-state index contributed by atoms with van der Waals surface area (Å²) < 4.78 is 31.4. The van der Waals surface area contributed by atoms with E-state index in [1.54, 1.807) is 42.5 Å². The van der Waals surface area contributed by atoms with E-state index in [4.69, 9.17) is 0 Å². The number of benzene rings is 2. The number of nitrogens with one attached hydrogen (secondary N) is 2. The van der Waals surface area contributed by atoms with Crippen LogP contribution in [0.15, 0.2) is 64.4 Å². The Morgan fingerprint density at radius 3 is 2.46 bits per heavy atom. The highest BCUT2D eigenvalue weighted by Crippen LogP contribution is 2.39. The molecule has 6 heteroatoms. The van der Waals surface area contributed by atoms with Gasteiger partial charge in [0, 0.05) is 26.9 Å². The molecule has 1 atom stereocenters. The van der Waals surface area contributed by atoms with Gasteiger partial charge in [-0.3, -0.25) is 13.7 Å². The van der Waals surface area contributed by atoms with E-state index in [9.17, 15) is 13.4 Å². The molecule has 2 N–H and O–H groups in total. The Morgan fingerprint density at radius 2 is 1.83 bits per heavy atom. The summed E-state index contributed by atoms with van der Waals surface area (Å²) in [5.41, 5.74) is 0. The van der Waals surface area contributed by atoms with Crippen LogP contribution in [-0.4, -0.2) is 29.5 Å². The zero-order valence-electron chi connectivity index (χ0n) is 13.5. The van der Waals surface area contributed by atoms with Crippen molar-refractivity contribution in [1.29, 1.82) is 0 Å². The first-order valence-electron chi connectivity index (χ1n) is 7.88. The molecule has 0 radical (unpaired) electrons. The lowest BCUT2D eigenvalue weighted by atomic mass is 10.1. The molecule has 2 aromatic carbocycles. The van der Waals surface area contributed by atoms with Crippen LogP contribution in [0.1, 0.15) is 6.42 Å². The van der Waals surface area contributed by atoms with Crippen molar-refractivity contribution in [2.45, 2.75) is 16.2 Å². The number of carbonyl (C=O) groups is 1. The van der Waals surface area contributed by atoms with E-state index >= 15 is 0 Å². The molecule has 0 bridgehead atoms. The molecule has 0 aliphatic carbocycles. The Hall–Kier alpha value is -2.05. The third kappa shape index (κ3) is 2.87. The Morgan fingerprint density at radius 1 is 1.17 bits per heavy atom. The molecule has 1 saturated heterocycles. The van der Waals surface area contributed by atoms with Crippen molar-refractivity contribution in [3.05, 3.63) is 60.4 Å². The van der Waals surface area contributed by atoms with E-state index in [-0.39, 0.29) is 16.7 Å². The molecule has 3 rings (SSSR count). The average molecular weight is 348 g/mol. The molecular formula is C18H21FN2O2S. The van der Waals surface area contributed by atoms with Crippen LogP contribution in [0.2, 0.25) is 0 Å². The molecule has 1 heterocycles. The van der Waals surface area contributed by atoms with Crippen molar-refractivity contribution in [2.24, 2.45) is 5.92 Å². The zero-order valence-corrected chi connectivity index (χ0v) is 14.3. The molecule has 0 saturated carbocycles. The monoisotopic (exact) mass is 348 g/mol. The number of halogens is 1. The fourth-order valence-corrected chi connectivity index (χ4v) is 5.93. The second-order valence-corrected chi connectivity index (χ2v) is 10.0. The van der Waals surface area contributed by atoms with Gasteiger partial charge in [0.15, 0.2) is 0 Å². The Labute approximate surface area is 141 Å². The van der Waals surface area contributed by atoms with Crippen LogP contribution in [0, 0.1) is 11.7 Å². The van der Waals surface area contributed by atoms with Crippen molar-refractivity contribution >= 4 is 15.2 Å². The van der Waals surface area contributed by atoms with Crippen LogP contribution in [-0.2, 0) is 14.0 Å². The number of hydrogen-bond acceptors (Lipinski definition) is 3. The number of rotatable bonds is 4. The fourth-order valence-electron chi connectivity index (χ4n) is 3.04. The first kappa shape index (κ1) is 16.8. The van der Waals surface area contributed by atoms with Gasteiger partial charge in [0.05, 0.1) is 10.8 Å². The molecule has 24 heavy (non-hydrogen) atoms. The van der Waals surface area contributed by atoms with Gasteiger partial charge in [-0.15, -0.1) is 0 Å². The van der Waals surface area contributed by atoms with Gasteiger partial charge in [0.25, 0.3) is 0 Å². The summed E-state index contributed by atoms with van der Waals surface area (Å²) in [7, 11) is -4.12. The number of amides is 1. The lowest BCUT2D eigenvalue weighted by molar-refractivity contribution is -0.122. The second-order valence-electron chi connectivity index (χ2n) is 6.23. The topological polar surface area (TPSA) is 58.2 Å². The second kappa shape index (κ2) is 6.11. The minimum Gasteiger partial charge on any atom is -0.316 e. The molecule has 0 spiro atoms. The average Bonchev–Trinajstić information content (AvgIpc) is 3.10. The minimum atomic E-state index is -4.12. The maximum absolute atomic E-state index is 14.5. The molecule has 1 aliphatic heterocycles. The summed E-state index contributed by atoms with van der Waals surface area (Å²) >= 11 is 0. The molecular weight excluding hydrogens is 327 g/mol. The Kier molecular flexibility index (Phi) is 4.27. The first-order chi connectivity index (χ1) is 11.4. The smallest absolute Gasteiger partial charge is 0.235 e. The van der Waals surface area contributed by atoms with Gasteiger partial charge in [-0.1, -0.05) is 30.3 Å². The van der Waals surface area contributed by atoms with E-state index in [1.807, 2.05) is 0 Å². The van der Waals surface area contributed by atoms with Crippen molar-refractivity contribution in [3.8, 4) is 0 Å². The molecule has 1 aliphatic rings. The fraction of sp³-hybridized carbons (Fsp3) is 0.278.